The summed E-state index contributed by atoms with van der Waals surface area (Å²) in [6, 6.07) is 10.6. The van der Waals surface area contributed by atoms with Gasteiger partial charge in [-0.15, -0.1) is 24.8 Å². The molecule has 1 aromatic rings. The molecule has 3 atom stereocenters. The van der Waals surface area contributed by atoms with Gasteiger partial charge < -0.3 is 20.0 Å². The van der Waals surface area contributed by atoms with E-state index in [-0.39, 0.29) is 30.2 Å². The number of hydrogen-bond acceptors (Lipinski definition) is 4. The highest BCUT2D eigenvalue weighted by Gasteiger charge is 2.53. The number of carboxylic acid groups (broad SMARTS) is 1. The van der Waals surface area contributed by atoms with Crippen molar-refractivity contribution in [2.45, 2.75) is 52.7 Å². The van der Waals surface area contributed by atoms with Crippen LogP contribution in [0.15, 0.2) is 30.3 Å². The highest BCUT2D eigenvalue weighted by Crippen LogP contribution is 2.48. The van der Waals surface area contributed by atoms with Crippen LogP contribution in [0, 0.1) is 5.41 Å². The number of likely N-dealkylation sites (tertiary alicyclic amines) is 1. The molecule has 1 aliphatic heterocycles. The maximum Gasteiger partial charge on any atom is 0.300 e. The minimum atomic E-state index is -0.833. The van der Waals surface area contributed by atoms with Crippen LogP contribution in [0.5, 0.6) is 0 Å². The number of benzene rings is 1. The molecule has 1 heterocycles. The Bertz CT molecular complexity index is 568. The predicted molar refractivity (Wildman–Crippen MR) is 121 cm³/mol. The number of aliphatic carboxylic acids is 1. The van der Waals surface area contributed by atoms with Gasteiger partial charge in [0.2, 0.25) is 0 Å². The molecular formula is C21H38Cl2N2O3. The number of nitrogens with zero attached hydrogens (tertiary/aromatic N) is 2. The van der Waals surface area contributed by atoms with Crippen molar-refractivity contribution in [3.63, 3.8) is 0 Å². The van der Waals surface area contributed by atoms with E-state index in [0.717, 1.165) is 45.1 Å². The Kier molecular flexibility index (Phi) is 13.3. The zero-order valence-electron chi connectivity index (χ0n) is 18.0. The summed E-state index contributed by atoms with van der Waals surface area (Å²) < 4.78 is 0. The van der Waals surface area contributed by atoms with Crippen LogP contribution in [0.3, 0.4) is 0 Å². The van der Waals surface area contributed by atoms with Gasteiger partial charge in [-0.05, 0) is 39.0 Å². The van der Waals surface area contributed by atoms with Crippen molar-refractivity contribution in [3.8, 4) is 0 Å². The van der Waals surface area contributed by atoms with Gasteiger partial charge in [-0.2, -0.15) is 0 Å². The molecule has 0 aromatic heterocycles. The molecule has 5 nitrogen and oxygen atoms in total. The zero-order valence-corrected chi connectivity index (χ0v) is 19.6. The fraction of sp³-hybridized carbons (Fsp3) is 0.667. The van der Waals surface area contributed by atoms with Crippen molar-refractivity contribution in [2.75, 3.05) is 33.2 Å². The Labute approximate surface area is 182 Å². The van der Waals surface area contributed by atoms with E-state index in [0.29, 0.717) is 6.04 Å². The first-order chi connectivity index (χ1) is 12.1. The molecule has 1 saturated heterocycles. The van der Waals surface area contributed by atoms with Crippen LogP contribution in [0.2, 0.25) is 0 Å². The Morgan fingerprint density at radius 2 is 1.68 bits per heavy atom. The molecule has 0 spiro atoms. The minimum Gasteiger partial charge on any atom is -0.481 e. The molecule has 1 fully saturated rings. The van der Waals surface area contributed by atoms with Gasteiger partial charge in [0, 0.05) is 31.5 Å². The van der Waals surface area contributed by atoms with Crippen molar-refractivity contribution in [2.24, 2.45) is 5.41 Å². The Hall–Kier alpha value is -0.850. The van der Waals surface area contributed by atoms with E-state index in [4.69, 9.17) is 9.90 Å². The van der Waals surface area contributed by atoms with E-state index in [1.54, 1.807) is 0 Å². The summed E-state index contributed by atoms with van der Waals surface area (Å²) in [5.41, 5.74) is 0.106. The van der Waals surface area contributed by atoms with Crippen LogP contribution in [0.4, 0.5) is 0 Å². The number of carboxylic acids is 1. The normalized spacial score (nSPS) is 27.1. The highest BCUT2D eigenvalue weighted by molar-refractivity contribution is 5.85. The van der Waals surface area contributed by atoms with Gasteiger partial charge in [0.15, 0.2) is 0 Å². The average molecular weight is 437 g/mol. The molecule has 0 bridgehead atoms. The summed E-state index contributed by atoms with van der Waals surface area (Å²) in [7, 11) is 2.18. The molecule has 3 unspecified atom stereocenters. The van der Waals surface area contributed by atoms with E-state index in [1.807, 2.05) is 18.2 Å². The lowest BCUT2D eigenvalue weighted by molar-refractivity contribution is -0.154. The summed E-state index contributed by atoms with van der Waals surface area (Å²) in [4.78, 5) is 13.8. The second-order valence-corrected chi connectivity index (χ2v) is 7.74. The third kappa shape index (κ3) is 7.20. The van der Waals surface area contributed by atoms with Crippen LogP contribution in [0.25, 0.3) is 0 Å². The standard InChI is InChI=1S/C19H32N2O.C2H4O2.2ClH/c1-6-21(7-2)15-18(4)14-20(5)16(3)13-19(18,22)17-11-9-8-10-12-17;1-2(3)4;;/h8-12,16,22H,6-7,13-15H2,1-5H3;1H3,(H,3,4);2*1H. The topological polar surface area (TPSA) is 64.0 Å². The van der Waals surface area contributed by atoms with Crippen molar-refractivity contribution in [1.29, 1.82) is 0 Å². The van der Waals surface area contributed by atoms with Crippen LogP contribution in [-0.2, 0) is 10.4 Å². The summed E-state index contributed by atoms with van der Waals surface area (Å²) in [5, 5.41) is 19.2. The fourth-order valence-corrected chi connectivity index (χ4v) is 3.97. The maximum atomic E-state index is 11.7. The number of aliphatic hydroxyl groups is 1. The van der Waals surface area contributed by atoms with Crippen molar-refractivity contribution >= 4 is 30.8 Å². The average Bonchev–Trinajstić information content (AvgIpc) is 2.58. The fourth-order valence-electron chi connectivity index (χ4n) is 3.97. The molecule has 0 amide bonds. The summed E-state index contributed by atoms with van der Waals surface area (Å²) in [6.45, 7) is 13.8. The first-order valence-corrected chi connectivity index (χ1v) is 9.49. The number of rotatable bonds is 5. The second-order valence-electron chi connectivity index (χ2n) is 7.74. The highest BCUT2D eigenvalue weighted by atomic mass is 35.5. The summed E-state index contributed by atoms with van der Waals surface area (Å²) in [6.07, 6.45) is 0.783. The molecular weight excluding hydrogens is 399 g/mol. The molecule has 164 valence electrons. The Morgan fingerprint density at radius 3 is 2.11 bits per heavy atom. The first kappa shape index (κ1) is 29.4. The number of hydrogen-bond donors (Lipinski definition) is 2. The molecule has 2 N–H and O–H groups in total. The predicted octanol–water partition coefficient (Wildman–Crippen LogP) is 3.88. The van der Waals surface area contributed by atoms with E-state index in [1.165, 1.54) is 0 Å². The van der Waals surface area contributed by atoms with E-state index < -0.39 is 11.6 Å². The van der Waals surface area contributed by atoms with Crippen LogP contribution >= 0.6 is 24.8 Å². The zero-order chi connectivity index (χ0) is 20.0. The van der Waals surface area contributed by atoms with Gasteiger partial charge in [-0.3, -0.25) is 4.79 Å². The van der Waals surface area contributed by atoms with E-state index in [2.05, 4.69) is 56.7 Å². The third-order valence-corrected chi connectivity index (χ3v) is 5.66. The van der Waals surface area contributed by atoms with Crippen LogP contribution in [-0.4, -0.2) is 65.3 Å². The van der Waals surface area contributed by atoms with E-state index in [9.17, 15) is 5.11 Å². The quantitative estimate of drug-likeness (QED) is 0.732. The van der Waals surface area contributed by atoms with Crippen LogP contribution < -0.4 is 0 Å². The number of piperidine rings is 1. The smallest absolute Gasteiger partial charge is 0.300 e. The third-order valence-electron chi connectivity index (χ3n) is 5.66. The van der Waals surface area contributed by atoms with Gasteiger partial charge in [0.25, 0.3) is 5.97 Å². The number of halogens is 2. The van der Waals surface area contributed by atoms with Gasteiger partial charge in [0.1, 0.15) is 0 Å². The molecule has 1 aromatic carbocycles. The number of carbonyl (C=O) groups is 1. The van der Waals surface area contributed by atoms with E-state index >= 15 is 0 Å². The molecule has 7 heteroatoms. The largest absolute Gasteiger partial charge is 0.481 e. The second kappa shape index (κ2) is 12.7. The van der Waals surface area contributed by atoms with Crippen molar-refractivity contribution in [3.05, 3.63) is 35.9 Å². The van der Waals surface area contributed by atoms with Gasteiger partial charge >= 0.3 is 0 Å². The van der Waals surface area contributed by atoms with Gasteiger partial charge in [-0.1, -0.05) is 51.1 Å². The van der Waals surface area contributed by atoms with Crippen molar-refractivity contribution in [1.82, 2.24) is 9.80 Å². The lowest BCUT2D eigenvalue weighted by Crippen LogP contribution is -2.62. The minimum absolute atomic E-state index is 0. The molecule has 2 rings (SSSR count). The monoisotopic (exact) mass is 436 g/mol. The van der Waals surface area contributed by atoms with Crippen LogP contribution in [0.1, 0.15) is 46.6 Å². The maximum absolute atomic E-state index is 11.7. The molecule has 0 saturated carbocycles. The Morgan fingerprint density at radius 1 is 1.21 bits per heavy atom. The molecule has 28 heavy (non-hydrogen) atoms. The summed E-state index contributed by atoms with van der Waals surface area (Å²) in [5.74, 6) is -0.833. The lowest BCUT2D eigenvalue weighted by atomic mass is 9.63. The van der Waals surface area contributed by atoms with Gasteiger partial charge in [0.05, 0.1) is 5.60 Å². The summed E-state index contributed by atoms with van der Waals surface area (Å²) >= 11 is 0. The Balaban J connectivity index is 0. The van der Waals surface area contributed by atoms with Crippen molar-refractivity contribution < 1.29 is 15.0 Å². The molecule has 0 aliphatic carbocycles. The molecule has 0 radical (unpaired) electrons. The molecule has 1 aliphatic rings. The SMILES string of the molecule is CC(=O)O.CCN(CC)CC1(C)CN(C)C(C)CC1(O)c1ccccc1.Cl.Cl. The first-order valence-electron chi connectivity index (χ1n) is 9.49. The van der Waals surface area contributed by atoms with Gasteiger partial charge in [-0.25, -0.2) is 0 Å². The lowest BCUT2D eigenvalue weighted by Gasteiger charge is -2.55.